The van der Waals surface area contributed by atoms with Crippen molar-refractivity contribution in [3.63, 3.8) is 0 Å². The van der Waals surface area contributed by atoms with Crippen LogP contribution >= 0.6 is 0 Å². The number of aromatic nitrogens is 1. The second kappa shape index (κ2) is 6.15. The second-order valence-corrected chi connectivity index (χ2v) is 5.37. The molecule has 2 rings (SSSR count). The molecule has 0 aromatic carbocycles. The molecule has 0 saturated heterocycles. The maximum atomic E-state index is 4.20. The first-order valence-corrected chi connectivity index (χ1v) is 6.90. The lowest BCUT2D eigenvalue weighted by molar-refractivity contribution is 0.280. The summed E-state index contributed by atoms with van der Waals surface area (Å²) in [6.45, 7) is 5.45. The van der Waals surface area contributed by atoms with E-state index in [2.05, 4.69) is 30.2 Å². The highest BCUT2D eigenvalue weighted by Gasteiger charge is 2.19. The van der Waals surface area contributed by atoms with E-state index in [1.54, 1.807) is 0 Å². The molecular weight excluding hydrogens is 208 g/mol. The van der Waals surface area contributed by atoms with E-state index < -0.39 is 0 Å². The molecule has 1 N–H and O–H groups in total. The molecule has 1 unspecified atom stereocenters. The molecule has 17 heavy (non-hydrogen) atoms. The van der Waals surface area contributed by atoms with E-state index >= 15 is 0 Å². The molecule has 2 heteroatoms. The van der Waals surface area contributed by atoms with Gasteiger partial charge in [-0.1, -0.05) is 19.3 Å². The second-order valence-electron chi connectivity index (χ2n) is 5.37. The highest BCUT2D eigenvalue weighted by atomic mass is 14.9. The Morgan fingerprint density at radius 3 is 2.82 bits per heavy atom. The molecular formula is C15H24N2. The molecule has 0 amide bonds. The normalized spacial score (nSPS) is 19.2. The van der Waals surface area contributed by atoms with Crippen LogP contribution in [0.5, 0.6) is 0 Å². The third-order valence-electron chi connectivity index (χ3n) is 4.12. The Labute approximate surface area is 105 Å². The fourth-order valence-corrected chi connectivity index (χ4v) is 2.75. The van der Waals surface area contributed by atoms with Crippen LogP contribution < -0.4 is 5.32 Å². The van der Waals surface area contributed by atoms with Crippen LogP contribution in [0.3, 0.4) is 0 Å². The quantitative estimate of drug-likeness (QED) is 0.860. The van der Waals surface area contributed by atoms with Crippen LogP contribution in [0.1, 0.15) is 50.2 Å². The van der Waals surface area contributed by atoms with E-state index in [9.17, 15) is 0 Å². The molecule has 1 aliphatic rings. The van der Waals surface area contributed by atoms with Crippen molar-refractivity contribution in [1.29, 1.82) is 0 Å². The summed E-state index contributed by atoms with van der Waals surface area (Å²) in [6, 6.07) is 2.72. The maximum absolute atomic E-state index is 4.20. The number of hydrogen-bond acceptors (Lipinski definition) is 2. The number of hydrogen-bond donors (Lipinski definition) is 1. The van der Waals surface area contributed by atoms with E-state index in [-0.39, 0.29) is 0 Å². The highest BCUT2D eigenvalue weighted by molar-refractivity contribution is 5.21. The Morgan fingerprint density at radius 1 is 1.35 bits per heavy atom. The molecule has 1 atom stereocenters. The van der Waals surface area contributed by atoms with Crippen molar-refractivity contribution in [2.45, 2.75) is 58.5 Å². The zero-order valence-electron chi connectivity index (χ0n) is 11.1. The third kappa shape index (κ3) is 3.53. The molecule has 1 aromatic rings. The standard InChI is InChI=1S/C15H24N2/c1-12-8-9-16-10-15(12)11-17-13(2)14-6-4-3-5-7-14/h8-10,13-14,17H,3-7,11H2,1-2H3. The first-order chi connectivity index (χ1) is 8.27. The van der Waals surface area contributed by atoms with Crippen molar-refractivity contribution in [1.82, 2.24) is 10.3 Å². The SMILES string of the molecule is Cc1ccncc1CNC(C)C1CCCCC1. The predicted octanol–water partition coefficient (Wildman–Crippen LogP) is 3.45. The van der Waals surface area contributed by atoms with Gasteiger partial charge in [-0.3, -0.25) is 4.98 Å². The van der Waals surface area contributed by atoms with Crippen molar-refractivity contribution in [3.8, 4) is 0 Å². The van der Waals surface area contributed by atoms with Gasteiger partial charge in [0.2, 0.25) is 0 Å². The van der Waals surface area contributed by atoms with Gasteiger partial charge in [0.1, 0.15) is 0 Å². The van der Waals surface area contributed by atoms with Crippen LogP contribution in [0.4, 0.5) is 0 Å². The number of rotatable bonds is 4. The van der Waals surface area contributed by atoms with Crippen LogP contribution in [0.2, 0.25) is 0 Å². The minimum Gasteiger partial charge on any atom is -0.310 e. The third-order valence-corrected chi connectivity index (χ3v) is 4.12. The Hall–Kier alpha value is -0.890. The molecule has 0 bridgehead atoms. The van der Waals surface area contributed by atoms with Gasteiger partial charge in [0, 0.05) is 25.0 Å². The topological polar surface area (TPSA) is 24.9 Å². The van der Waals surface area contributed by atoms with Gasteiger partial charge in [-0.15, -0.1) is 0 Å². The van der Waals surface area contributed by atoms with Crippen LogP contribution in [0, 0.1) is 12.8 Å². The molecule has 1 heterocycles. The average molecular weight is 232 g/mol. The zero-order chi connectivity index (χ0) is 12.1. The first kappa shape index (κ1) is 12.6. The Bertz CT molecular complexity index is 343. The van der Waals surface area contributed by atoms with Crippen molar-refractivity contribution < 1.29 is 0 Å². The first-order valence-electron chi connectivity index (χ1n) is 6.90. The lowest BCUT2D eigenvalue weighted by Crippen LogP contribution is -2.34. The van der Waals surface area contributed by atoms with Crippen molar-refractivity contribution in [3.05, 3.63) is 29.6 Å². The largest absolute Gasteiger partial charge is 0.310 e. The molecule has 1 aromatic heterocycles. The summed E-state index contributed by atoms with van der Waals surface area (Å²) in [7, 11) is 0. The predicted molar refractivity (Wildman–Crippen MR) is 71.9 cm³/mol. The minimum atomic E-state index is 0.634. The minimum absolute atomic E-state index is 0.634. The monoisotopic (exact) mass is 232 g/mol. The summed E-state index contributed by atoms with van der Waals surface area (Å²) >= 11 is 0. The smallest absolute Gasteiger partial charge is 0.0315 e. The number of aryl methyl sites for hydroxylation is 1. The molecule has 94 valence electrons. The lowest BCUT2D eigenvalue weighted by Gasteiger charge is -2.28. The van der Waals surface area contributed by atoms with Gasteiger partial charge < -0.3 is 5.32 Å². The summed E-state index contributed by atoms with van der Waals surface area (Å²) in [5, 5.41) is 3.67. The zero-order valence-corrected chi connectivity index (χ0v) is 11.1. The van der Waals surface area contributed by atoms with Crippen LogP contribution in [-0.2, 0) is 6.54 Å². The summed E-state index contributed by atoms with van der Waals surface area (Å²) in [4.78, 5) is 4.20. The van der Waals surface area contributed by atoms with E-state index in [0.717, 1.165) is 12.5 Å². The van der Waals surface area contributed by atoms with Gasteiger partial charge in [-0.25, -0.2) is 0 Å². The Balaban J connectivity index is 1.83. The van der Waals surface area contributed by atoms with Crippen molar-refractivity contribution in [2.75, 3.05) is 0 Å². The van der Waals surface area contributed by atoms with Crippen molar-refractivity contribution >= 4 is 0 Å². The van der Waals surface area contributed by atoms with E-state index in [1.807, 2.05) is 12.4 Å². The number of pyridine rings is 1. The summed E-state index contributed by atoms with van der Waals surface area (Å²) in [5.74, 6) is 0.876. The molecule has 0 spiro atoms. The number of nitrogens with one attached hydrogen (secondary N) is 1. The van der Waals surface area contributed by atoms with E-state index in [1.165, 1.54) is 43.2 Å². The highest BCUT2D eigenvalue weighted by Crippen LogP contribution is 2.26. The number of nitrogens with zero attached hydrogens (tertiary/aromatic N) is 1. The molecule has 2 nitrogen and oxygen atoms in total. The van der Waals surface area contributed by atoms with Gasteiger partial charge in [-0.2, -0.15) is 0 Å². The van der Waals surface area contributed by atoms with E-state index in [0.29, 0.717) is 6.04 Å². The van der Waals surface area contributed by atoms with Gasteiger partial charge in [0.25, 0.3) is 0 Å². The Morgan fingerprint density at radius 2 is 2.12 bits per heavy atom. The van der Waals surface area contributed by atoms with Gasteiger partial charge in [0.15, 0.2) is 0 Å². The van der Waals surface area contributed by atoms with Crippen LogP contribution in [0.15, 0.2) is 18.5 Å². The maximum Gasteiger partial charge on any atom is 0.0315 e. The Kier molecular flexibility index (Phi) is 4.55. The van der Waals surface area contributed by atoms with Gasteiger partial charge in [0.05, 0.1) is 0 Å². The fourth-order valence-electron chi connectivity index (χ4n) is 2.75. The molecule has 0 aliphatic heterocycles. The summed E-state index contributed by atoms with van der Waals surface area (Å²) < 4.78 is 0. The van der Waals surface area contributed by atoms with Gasteiger partial charge in [-0.05, 0) is 49.8 Å². The average Bonchev–Trinajstić information content (AvgIpc) is 2.38. The fraction of sp³-hybridized carbons (Fsp3) is 0.667. The molecule has 1 aliphatic carbocycles. The molecule has 1 saturated carbocycles. The van der Waals surface area contributed by atoms with Crippen molar-refractivity contribution in [2.24, 2.45) is 5.92 Å². The van der Waals surface area contributed by atoms with Gasteiger partial charge >= 0.3 is 0 Å². The summed E-state index contributed by atoms with van der Waals surface area (Å²) in [5.41, 5.74) is 2.67. The van der Waals surface area contributed by atoms with Crippen LogP contribution in [0.25, 0.3) is 0 Å². The lowest BCUT2D eigenvalue weighted by atomic mass is 9.84. The molecule has 1 fully saturated rings. The van der Waals surface area contributed by atoms with E-state index in [4.69, 9.17) is 0 Å². The van der Waals surface area contributed by atoms with Crippen LogP contribution in [-0.4, -0.2) is 11.0 Å². The molecule has 0 radical (unpaired) electrons. The summed E-state index contributed by atoms with van der Waals surface area (Å²) in [6.07, 6.45) is 10.9.